The minimum absolute atomic E-state index is 0.174. The van der Waals surface area contributed by atoms with Crippen LogP contribution >= 0.6 is 11.6 Å². The fourth-order valence-electron chi connectivity index (χ4n) is 2.71. The maximum Gasteiger partial charge on any atom is 0.329 e. The van der Waals surface area contributed by atoms with E-state index in [1.807, 2.05) is 37.3 Å². The molecule has 3 rings (SSSR count). The predicted octanol–water partition coefficient (Wildman–Crippen LogP) is 4.55. The van der Waals surface area contributed by atoms with Crippen LogP contribution in [0.1, 0.15) is 18.1 Å². The van der Waals surface area contributed by atoms with Crippen LogP contribution in [0.2, 0.25) is 5.02 Å². The Morgan fingerprint density at radius 3 is 2.52 bits per heavy atom. The van der Waals surface area contributed by atoms with Crippen molar-refractivity contribution in [2.24, 2.45) is 5.10 Å². The van der Waals surface area contributed by atoms with E-state index in [4.69, 9.17) is 21.1 Å². The highest BCUT2D eigenvalue weighted by molar-refractivity contribution is 6.39. The molecular formula is C24H21ClFN3O4. The van der Waals surface area contributed by atoms with Crippen molar-refractivity contribution in [2.75, 3.05) is 11.9 Å². The van der Waals surface area contributed by atoms with E-state index >= 15 is 0 Å². The zero-order chi connectivity index (χ0) is 23.6. The van der Waals surface area contributed by atoms with Gasteiger partial charge < -0.3 is 14.8 Å². The normalized spacial score (nSPS) is 10.6. The van der Waals surface area contributed by atoms with Crippen LogP contribution in [0, 0.1) is 5.82 Å². The smallest absolute Gasteiger partial charge is 0.329 e. The number of hydrazone groups is 1. The minimum Gasteiger partial charge on any atom is -0.490 e. The van der Waals surface area contributed by atoms with Crippen LogP contribution in [0.15, 0.2) is 71.8 Å². The van der Waals surface area contributed by atoms with E-state index in [-0.39, 0.29) is 10.7 Å². The summed E-state index contributed by atoms with van der Waals surface area (Å²) in [4.78, 5) is 23.9. The summed E-state index contributed by atoms with van der Waals surface area (Å²) in [5.41, 5.74) is 3.95. The molecular weight excluding hydrogens is 449 g/mol. The Morgan fingerprint density at radius 2 is 1.79 bits per heavy atom. The van der Waals surface area contributed by atoms with Crippen molar-refractivity contribution in [1.82, 2.24) is 5.43 Å². The molecule has 33 heavy (non-hydrogen) atoms. The van der Waals surface area contributed by atoms with Crippen molar-refractivity contribution in [3.05, 3.63) is 88.7 Å². The zero-order valence-electron chi connectivity index (χ0n) is 17.7. The second-order valence-electron chi connectivity index (χ2n) is 6.70. The van der Waals surface area contributed by atoms with Crippen molar-refractivity contribution in [1.29, 1.82) is 0 Å². The Kier molecular flexibility index (Phi) is 8.37. The molecule has 3 aromatic carbocycles. The average Bonchev–Trinajstić information content (AvgIpc) is 2.81. The van der Waals surface area contributed by atoms with Crippen molar-refractivity contribution < 1.29 is 23.5 Å². The van der Waals surface area contributed by atoms with Gasteiger partial charge in [-0.1, -0.05) is 41.9 Å². The number of hydrogen-bond acceptors (Lipinski definition) is 5. The third kappa shape index (κ3) is 7.05. The Bertz CT molecular complexity index is 1160. The van der Waals surface area contributed by atoms with Crippen LogP contribution < -0.4 is 20.2 Å². The van der Waals surface area contributed by atoms with Gasteiger partial charge in [0, 0.05) is 5.69 Å². The lowest BCUT2D eigenvalue weighted by Crippen LogP contribution is -2.32. The molecule has 0 saturated heterocycles. The lowest BCUT2D eigenvalue weighted by Gasteiger charge is -2.12. The first-order valence-corrected chi connectivity index (χ1v) is 10.4. The van der Waals surface area contributed by atoms with Crippen molar-refractivity contribution in [2.45, 2.75) is 13.5 Å². The van der Waals surface area contributed by atoms with E-state index < -0.39 is 17.6 Å². The first-order valence-electron chi connectivity index (χ1n) is 9.99. The van der Waals surface area contributed by atoms with Gasteiger partial charge in [-0.2, -0.15) is 5.10 Å². The van der Waals surface area contributed by atoms with Gasteiger partial charge in [-0.15, -0.1) is 0 Å². The molecule has 0 radical (unpaired) electrons. The second-order valence-corrected chi connectivity index (χ2v) is 7.10. The van der Waals surface area contributed by atoms with Crippen LogP contribution in [0.5, 0.6) is 11.5 Å². The molecule has 0 aliphatic rings. The maximum atomic E-state index is 13.2. The molecule has 0 fully saturated rings. The Labute approximate surface area is 195 Å². The monoisotopic (exact) mass is 469 g/mol. The Balaban J connectivity index is 1.58. The number of halogens is 2. The van der Waals surface area contributed by atoms with Gasteiger partial charge in [-0.3, -0.25) is 9.59 Å². The molecule has 0 saturated carbocycles. The van der Waals surface area contributed by atoms with Gasteiger partial charge >= 0.3 is 11.8 Å². The Morgan fingerprint density at radius 1 is 1.00 bits per heavy atom. The number of nitrogens with zero attached hydrogens (tertiary/aromatic N) is 1. The van der Waals surface area contributed by atoms with Crippen LogP contribution in [-0.4, -0.2) is 24.6 Å². The van der Waals surface area contributed by atoms with Crippen LogP contribution in [0.3, 0.4) is 0 Å². The number of hydrogen-bond donors (Lipinski definition) is 2. The second kappa shape index (κ2) is 11.6. The van der Waals surface area contributed by atoms with Crippen LogP contribution in [-0.2, 0) is 16.2 Å². The first-order chi connectivity index (χ1) is 16.0. The molecule has 0 spiro atoms. The highest BCUT2D eigenvalue weighted by atomic mass is 35.5. The van der Waals surface area contributed by atoms with Crippen LogP contribution in [0.4, 0.5) is 10.1 Å². The molecule has 0 heterocycles. The zero-order valence-corrected chi connectivity index (χ0v) is 18.4. The summed E-state index contributed by atoms with van der Waals surface area (Å²) in [6.45, 7) is 2.68. The molecule has 9 heteroatoms. The quantitative estimate of drug-likeness (QED) is 0.288. The van der Waals surface area contributed by atoms with E-state index in [9.17, 15) is 14.0 Å². The SMILES string of the molecule is CCOc1cc(/C=N/NC(=O)C(=O)Nc2ccc(F)c(Cl)c2)ccc1OCc1ccccc1. The first kappa shape index (κ1) is 23.7. The molecule has 170 valence electrons. The van der Waals surface area contributed by atoms with E-state index in [1.165, 1.54) is 18.3 Å². The molecule has 0 unspecified atom stereocenters. The standard InChI is InChI=1S/C24H21ClFN3O4/c1-2-32-22-12-17(8-11-21(22)33-15-16-6-4-3-5-7-16)14-27-29-24(31)23(30)28-18-9-10-20(26)19(25)13-18/h3-14H,2,15H2,1H3,(H,28,30)(H,29,31)/b27-14+. The molecule has 0 bridgehead atoms. The minimum atomic E-state index is -1.00. The summed E-state index contributed by atoms with van der Waals surface area (Å²) >= 11 is 5.66. The van der Waals surface area contributed by atoms with Gasteiger partial charge in [0.05, 0.1) is 17.8 Å². The van der Waals surface area contributed by atoms with Crippen molar-refractivity contribution in [3.63, 3.8) is 0 Å². The summed E-state index contributed by atoms with van der Waals surface area (Å²) in [5.74, 6) is -1.52. The fraction of sp³-hybridized carbons (Fsp3) is 0.125. The van der Waals surface area contributed by atoms with Gasteiger partial charge in [-0.05, 0) is 54.4 Å². The third-order valence-electron chi connectivity index (χ3n) is 4.27. The summed E-state index contributed by atoms with van der Waals surface area (Å²) in [5, 5.41) is 5.93. The summed E-state index contributed by atoms with van der Waals surface area (Å²) < 4.78 is 24.7. The van der Waals surface area contributed by atoms with Gasteiger partial charge in [0.1, 0.15) is 12.4 Å². The third-order valence-corrected chi connectivity index (χ3v) is 4.56. The van der Waals surface area contributed by atoms with Gasteiger partial charge in [-0.25, -0.2) is 9.82 Å². The van der Waals surface area contributed by atoms with Crippen molar-refractivity contribution in [3.8, 4) is 11.5 Å². The van der Waals surface area contributed by atoms with Crippen molar-refractivity contribution >= 4 is 35.3 Å². The number of anilines is 1. The highest BCUT2D eigenvalue weighted by Crippen LogP contribution is 2.29. The van der Waals surface area contributed by atoms with Gasteiger partial charge in [0.15, 0.2) is 11.5 Å². The number of amides is 2. The van der Waals surface area contributed by atoms with E-state index in [0.717, 1.165) is 11.6 Å². The average molecular weight is 470 g/mol. The highest BCUT2D eigenvalue weighted by Gasteiger charge is 2.14. The fourth-order valence-corrected chi connectivity index (χ4v) is 2.89. The van der Waals surface area contributed by atoms with Crippen LogP contribution in [0.25, 0.3) is 0 Å². The molecule has 3 aromatic rings. The molecule has 0 aliphatic heterocycles. The largest absolute Gasteiger partial charge is 0.490 e. The number of ether oxygens (including phenoxy) is 2. The lowest BCUT2D eigenvalue weighted by molar-refractivity contribution is -0.136. The van der Waals surface area contributed by atoms with E-state index in [1.54, 1.807) is 18.2 Å². The lowest BCUT2D eigenvalue weighted by atomic mass is 10.2. The molecule has 7 nitrogen and oxygen atoms in total. The molecule has 2 amide bonds. The number of rotatable bonds is 8. The number of benzene rings is 3. The van der Waals surface area contributed by atoms with E-state index in [0.29, 0.717) is 30.3 Å². The maximum absolute atomic E-state index is 13.2. The van der Waals surface area contributed by atoms with E-state index in [2.05, 4.69) is 15.8 Å². The van der Waals surface area contributed by atoms with Gasteiger partial charge in [0.25, 0.3) is 0 Å². The molecule has 0 aliphatic carbocycles. The molecule has 0 atom stereocenters. The number of carbonyl (C=O) groups excluding carboxylic acids is 2. The Hall–Kier alpha value is -3.91. The topological polar surface area (TPSA) is 89.0 Å². The molecule has 0 aromatic heterocycles. The number of nitrogens with one attached hydrogen (secondary N) is 2. The summed E-state index contributed by atoms with van der Waals surface area (Å²) in [6, 6.07) is 18.5. The number of carbonyl (C=O) groups is 2. The molecule has 2 N–H and O–H groups in total. The summed E-state index contributed by atoms with van der Waals surface area (Å²) in [6.07, 6.45) is 1.36. The summed E-state index contributed by atoms with van der Waals surface area (Å²) in [7, 11) is 0. The van der Waals surface area contributed by atoms with Gasteiger partial charge in [0.2, 0.25) is 0 Å². The predicted molar refractivity (Wildman–Crippen MR) is 124 cm³/mol.